The SMILES string of the molecule is CCNc1nc(OC(C)C)nc(N2CCC(C)(O)C2)n1. The van der Waals surface area contributed by atoms with Crippen molar-refractivity contribution in [3.8, 4) is 6.01 Å². The zero-order chi connectivity index (χ0) is 14.8. The van der Waals surface area contributed by atoms with Gasteiger partial charge in [0.15, 0.2) is 0 Å². The minimum absolute atomic E-state index is 0.00131. The summed E-state index contributed by atoms with van der Waals surface area (Å²) < 4.78 is 5.56. The second-order valence-electron chi connectivity index (χ2n) is 5.61. The second kappa shape index (κ2) is 5.78. The number of nitrogens with zero attached hydrogens (tertiary/aromatic N) is 4. The summed E-state index contributed by atoms with van der Waals surface area (Å²) in [6.45, 7) is 9.63. The molecule has 1 aromatic rings. The Kier molecular flexibility index (Phi) is 4.27. The molecule has 1 aliphatic heterocycles. The van der Waals surface area contributed by atoms with E-state index in [2.05, 4.69) is 20.3 Å². The average molecular weight is 281 g/mol. The summed E-state index contributed by atoms with van der Waals surface area (Å²) in [4.78, 5) is 14.9. The molecule has 112 valence electrons. The topological polar surface area (TPSA) is 83.4 Å². The Labute approximate surface area is 119 Å². The highest BCUT2D eigenvalue weighted by atomic mass is 16.5. The average Bonchev–Trinajstić information content (AvgIpc) is 2.69. The fraction of sp³-hybridized carbons (Fsp3) is 0.769. The number of nitrogens with one attached hydrogen (secondary N) is 1. The van der Waals surface area contributed by atoms with E-state index in [-0.39, 0.29) is 6.10 Å². The Morgan fingerprint density at radius 1 is 1.40 bits per heavy atom. The third-order valence-corrected chi connectivity index (χ3v) is 3.01. The quantitative estimate of drug-likeness (QED) is 0.834. The highest BCUT2D eigenvalue weighted by Gasteiger charge is 2.33. The molecule has 1 saturated heterocycles. The zero-order valence-electron chi connectivity index (χ0n) is 12.6. The van der Waals surface area contributed by atoms with E-state index in [1.165, 1.54) is 0 Å². The maximum absolute atomic E-state index is 10.1. The molecule has 0 aliphatic carbocycles. The third kappa shape index (κ3) is 3.69. The summed E-state index contributed by atoms with van der Waals surface area (Å²) in [5, 5.41) is 13.1. The van der Waals surface area contributed by atoms with Crippen molar-refractivity contribution >= 4 is 11.9 Å². The fourth-order valence-electron chi connectivity index (χ4n) is 2.10. The van der Waals surface area contributed by atoms with E-state index in [1.54, 1.807) is 0 Å². The fourth-order valence-corrected chi connectivity index (χ4v) is 2.10. The lowest BCUT2D eigenvalue weighted by Crippen LogP contribution is -2.31. The molecule has 2 heterocycles. The summed E-state index contributed by atoms with van der Waals surface area (Å²) >= 11 is 0. The van der Waals surface area contributed by atoms with Crippen molar-refractivity contribution in [1.29, 1.82) is 0 Å². The molecule has 7 nitrogen and oxygen atoms in total. The first-order chi connectivity index (χ1) is 9.39. The van der Waals surface area contributed by atoms with Crippen LogP contribution in [0.4, 0.5) is 11.9 Å². The molecule has 0 aromatic carbocycles. The predicted octanol–water partition coefficient (Wildman–Crippen LogP) is 1.05. The van der Waals surface area contributed by atoms with Crippen molar-refractivity contribution in [3.05, 3.63) is 0 Å². The molecule has 7 heteroatoms. The Morgan fingerprint density at radius 3 is 2.70 bits per heavy atom. The molecule has 1 atom stereocenters. The van der Waals surface area contributed by atoms with Gasteiger partial charge in [-0.1, -0.05) is 0 Å². The summed E-state index contributed by atoms with van der Waals surface area (Å²) in [5.74, 6) is 1.05. The number of aromatic nitrogens is 3. The monoisotopic (exact) mass is 281 g/mol. The van der Waals surface area contributed by atoms with E-state index in [0.717, 1.165) is 13.1 Å². The minimum Gasteiger partial charge on any atom is -0.461 e. The molecule has 2 N–H and O–H groups in total. The molecule has 0 amide bonds. The van der Waals surface area contributed by atoms with Crippen LogP contribution in [0.25, 0.3) is 0 Å². The van der Waals surface area contributed by atoms with Gasteiger partial charge >= 0.3 is 6.01 Å². The van der Waals surface area contributed by atoms with E-state index in [9.17, 15) is 5.11 Å². The van der Waals surface area contributed by atoms with Gasteiger partial charge in [0.1, 0.15) is 0 Å². The molecule has 1 unspecified atom stereocenters. The van der Waals surface area contributed by atoms with E-state index >= 15 is 0 Å². The predicted molar refractivity (Wildman–Crippen MR) is 77.2 cm³/mol. The van der Waals surface area contributed by atoms with Crippen molar-refractivity contribution in [2.45, 2.75) is 45.8 Å². The summed E-state index contributed by atoms with van der Waals surface area (Å²) in [6.07, 6.45) is 0.705. The maximum Gasteiger partial charge on any atom is 0.323 e. The van der Waals surface area contributed by atoms with Gasteiger partial charge in [0, 0.05) is 19.6 Å². The van der Waals surface area contributed by atoms with Gasteiger partial charge in [-0.05, 0) is 34.1 Å². The van der Waals surface area contributed by atoms with Crippen molar-refractivity contribution < 1.29 is 9.84 Å². The molecule has 1 aromatic heterocycles. The third-order valence-electron chi connectivity index (χ3n) is 3.01. The summed E-state index contributed by atoms with van der Waals surface area (Å²) in [6, 6.07) is 0.312. The molecule has 0 radical (unpaired) electrons. The van der Waals surface area contributed by atoms with Crippen LogP contribution in [-0.2, 0) is 0 Å². The number of rotatable bonds is 5. The van der Waals surface area contributed by atoms with Crippen LogP contribution in [-0.4, -0.2) is 51.4 Å². The van der Waals surface area contributed by atoms with Crippen LogP contribution < -0.4 is 15.0 Å². The van der Waals surface area contributed by atoms with Gasteiger partial charge in [0.2, 0.25) is 11.9 Å². The standard InChI is InChI=1S/C13H23N5O2/c1-5-14-10-15-11(17-12(16-10)20-9(2)3)18-7-6-13(4,19)8-18/h9,19H,5-8H2,1-4H3,(H,14,15,16,17). The smallest absolute Gasteiger partial charge is 0.323 e. The van der Waals surface area contributed by atoms with Gasteiger partial charge < -0.3 is 20.1 Å². The van der Waals surface area contributed by atoms with Gasteiger partial charge in [0.25, 0.3) is 0 Å². The number of β-amino-alcohol motifs (C(OH)–C–C–N with tert-alkyl or cyclic N) is 1. The normalized spacial score (nSPS) is 22.4. The Hall–Kier alpha value is -1.63. The van der Waals surface area contributed by atoms with Crippen LogP contribution >= 0.6 is 0 Å². The number of anilines is 2. The first-order valence-corrected chi connectivity index (χ1v) is 7.03. The van der Waals surface area contributed by atoms with Gasteiger partial charge in [-0.3, -0.25) is 0 Å². The van der Waals surface area contributed by atoms with E-state index in [1.807, 2.05) is 32.6 Å². The maximum atomic E-state index is 10.1. The first kappa shape index (κ1) is 14.8. The van der Waals surface area contributed by atoms with Gasteiger partial charge in [-0.25, -0.2) is 0 Å². The molecular weight excluding hydrogens is 258 g/mol. The number of aliphatic hydroxyl groups is 1. The molecule has 2 rings (SSSR count). The molecule has 1 aliphatic rings. The number of hydrogen-bond donors (Lipinski definition) is 2. The lowest BCUT2D eigenvalue weighted by molar-refractivity contribution is 0.0838. The summed E-state index contributed by atoms with van der Waals surface area (Å²) in [5.41, 5.74) is -0.690. The molecule has 1 fully saturated rings. The van der Waals surface area contributed by atoms with E-state index < -0.39 is 5.60 Å². The van der Waals surface area contributed by atoms with Crippen LogP contribution in [0.1, 0.15) is 34.1 Å². The van der Waals surface area contributed by atoms with Crippen LogP contribution in [0.15, 0.2) is 0 Å². The van der Waals surface area contributed by atoms with Crippen LogP contribution in [0.3, 0.4) is 0 Å². The number of hydrogen-bond acceptors (Lipinski definition) is 7. The van der Waals surface area contributed by atoms with Crippen LogP contribution in [0, 0.1) is 0 Å². The zero-order valence-corrected chi connectivity index (χ0v) is 12.6. The van der Waals surface area contributed by atoms with Crippen molar-refractivity contribution in [2.24, 2.45) is 0 Å². The Morgan fingerprint density at radius 2 is 2.15 bits per heavy atom. The van der Waals surface area contributed by atoms with Gasteiger partial charge in [-0.2, -0.15) is 15.0 Å². The van der Waals surface area contributed by atoms with Crippen LogP contribution in [0.5, 0.6) is 6.01 Å². The first-order valence-electron chi connectivity index (χ1n) is 7.03. The highest BCUT2D eigenvalue weighted by Crippen LogP contribution is 2.25. The summed E-state index contributed by atoms with van der Waals surface area (Å²) in [7, 11) is 0. The van der Waals surface area contributed by atoms with E-state index in [4.69, 9.17) is 4.74 Å². The van der Waals surface area contributed by atoms with Crippen LogP contribution in [0.2, 0.25) is 0 Å². The van der Waals surface area contributed by atoms with Crippen molar-refractivity contribution in [1.82, 2.24) is 15.0 Å². The molecule has 0 spiro atoms. The molecule has 0 bridgehead atoms. The lowest BCUT2D eigenvalue weighted by Gasteiger charge is -2.20. The molecular formula is C13H23N5O2. The number of ether oxygens (including phenoxy) is 1. The lowest BCUT2D eigenvalue weighted by atomic mass is 10.1. The molecule has 0 saturated carbocycles. The van der Waals surface area contributed by atoms with Gasteiger partial charge in [0.05, 0.1) is 11.7 Å². The van der Waals surface area contributed by atoms with Crippen molar-refractivity contribution in [2.75, 3.05) is 29.9 Å². The van der Waals surface area contributed by atoms with E-state index in [0.29, 0.717) is 30.9 Å². The van der Waals surface area contributed by atoms with Crippen molar-refractivity contribution in [3.63, 3.8) is 0 Å². The second-order valence-corrected chi connectivity index (χ2v) is 5.61. The minimum atomic E-state index is -0.690. The molecule has 20 heavy (non-hydrogen) atoms. The van der Waals surface area contributed by atoms with Gasteiger partial charge in [-0.15, -0.1) is 0 Å². The Bertz CT molecular complexity index is 464. The largest absolute Gasteiger partial charge is 0.461 e. The Balaban J connectivity index is 2.24. The highest BCUT2D eigenvalue weighted by molar-refractivity contribution is 5.40.